The molecule has 0 fully saturated rings. The van der Waals surface area contributed by atoms with Gasteiger partial charge in [-0.2, -0.15) is 0 Å². The summed E-state index contributed by atoms with van der Waals surface area (Å²) in [6, 6.07) is 11.5. The summed E-state index contributed by atoms with van der Waals surface area (Å²) in [7, 11) is 0. The lowest BCUT2D eigenvalue weighted by Crippen LogP contribution is -2.28. The van der Waals surface area contributed by atoms with Crippen LogP contribution >= 0.6 is 0 Å². The second-order valence-electron chi connectivity index (χ2n) is 4.11. The minimum atomic E-state index is -0.377. The van der Waals surface area contributed by atoms with Gasteiger partial charge < -0.3 is 10.1 Å². The molecule has 0 bridgehead atoms. The molecule has 0 aromatic heterocycles. The Morgan fingerprint density at radius 1 is 1.05 bits per heavy atom. The molecule has 0 aliphatic rings. The standard InChI is InChI=1S/C15H13F2NO2/c16-12-5-7-13(8-6-12)20-10-15(19)18-9-11-3-1-2-4-14(11)17/h1-8H,9-10H2,(H,18,19). The third-order valence-electron chi connectivity index (χ3n) is 2.62. The number of benzene rings is 2. The first-order valence-corrected chi connectivity index (χ1v) is 6.03. The molecule has 0 aliphatic carbocycles. The number of halogens is 2. The fourth-order valence-electron chi connectivity index (χ4n) is 1.57. The SMILES string of the molecule is O=C(COc1ccc(F)cc1)NCc1ccccc1F. The highest BCUT2D eigenvalue weighted by molar-refractivity contribution is 5.77. The van der Waals surface area contributed by atoms with Crippen LogP contribution in [0.4, 0.5) is 8.78 Å². The molecule has 2 aromatic carbocycles. The van der Waals surface area contributed by atoms with Crippen LogP contribution in [-0.4, -0.2) is 12.5 Å². The predicted molar refractivity (Wildman–Crippen MR) is 70.1 cm³/mol. The molecule has 1 amide bonds. The fourth-order valence-corrected chi connectivity index (χ4v) is 1.57. The maximum Gasteiger partial charge on any atom is 0.258 e. The smallest absolute Gasteiger partial charge is 0.258 e. The largest absolute Gasteiger partial charge is 0.484 e. The zero-order chi connectivity index (χ0) is 14.4. The lowest BCUT2D eigenvalue weighted by atomic mass is 10.2. The molecule has 1 N–H and O–H groups in total. The minimum Gasteiger partial charge on any atom is -0.484 e. The molecule has 0 atom stereocenters. The number of hydrogen-bond donors (Lipinski definition) is 1. The highest BCUT2D eigenvalue weighted by atomic mass is 19.1. The van der Waals surface area contributed by atoms with E-state index in [-0.39, 0.29) is 30.7 Å². The van der Waals surface area contributed by atoms with E-state index < -0.39 is 0 Å². The molecule has 0 unspecified atom stereocenters. The topological polar surface area (TPSA) is 38.3 Å². The van der Waals surface area contributed by atoms with E-state index in [1.165, 1.54) is 30.3 Å². The Labute approximate surface area is 115 Å². The van der Waals surface area contributed by atoms with Crippen molar-refractivity contribution in [2.75, 3.05) is 6.61 Å². The van der Waals surface area contributed by atoms with Crippen LogP contribution in [0.25, 0.3) is 0 Å². The van der Waals surface area contributed by atoms with Gasteiger partial charge in [-0.05, 0) is 30.3 Å². The maximum atomic E-state index is 13.3. The lowest BCUT2D eigenvalue weighted by molar-refractivity contribution is -0.123. The summed E-state index contributed by atoms with van der Waals surface area (Å²) in [4.78, 5) is 11.5. The van der Waals surface area contributed by atoms with Gasteiger partial charge in [0.2, 0.25) is 0 Å². The highest BCUT2D eigenvalue weighted by Gasteiger charge is 2.05. The minimum absolute atomic E-state index is 0.0955. The second kappa shape index (κ2) is 6.65. The third kappa shape index (κ3) is 4.05. The number of nitrogens with one attached hydrogen (secondary N) is 1. The number of hydrogen-bond acceptors (Lipinski definition) is 2. The summed E-state index contributed by atoms with van der Waals surface area (Å²) >= 11 is 0. The van der Waals surface area contributed by atoms with E-state index in [4.69, 9.17) is 4.74 Å². The highest BCUT2D eigenvalue weighted by Crippen LogP contribution is 2.10. The van der Waals surface area contributed by atoms with E-state index in [0.717, 1.165) is 0 Å². The molecule has 0 radical (unpaired) electrons. The first-order valence-electron chi connectivity index (χ1n) is 6.03. The van der Waals surface area contributed by atoms with Crippen LogP contribution in [-0.2, 0) is 11.3 Å². The molecular formula is C15H13F2NO2. The Kier molecular flexibility index (Phi) is 4.65. The van der Waals surface area contributed by atoms with Crippen LogP contribution in [0.15, 0.2) is 48.5 Å². The van der Waals surface area contributed by atoms with Gasteiger partial charge in [-0.1, -0.05) is 18.2 Å². The number of carbonyl (C=O) groups is 1. The zero-order valence-electron chi connectivity index (χ0n) is 10.6. The van der Waals surface area contributed by atoms with Crippen molar-refractivity contribution in [3.05, 3.63) is 65.7 Å². The predicted octanol–water partition coefficient (Wildman–Crippen LogP) is 2.66. The van der Waals surface area contributed by atoms with E-state index in [2.05, 4.69) is 5.32 Å². The molecule has 2 aromatic rings. The van der Waals surface area contributed by atoms with Crippen LogP contribution < -0.4 is 10.1 Å². The van der Waals surface area contributed by atoms with E-state index in [0.29, 0.717) is 11.3 Å². The average molecular weight is 277 g/mol. The molecule has 2 rings (SSSR count). The zero-order valence-corrected chi connectivity index (χ0v) is 10.6. The van der Waals surface area contributed by atoms with Crippen molar-refractivity contribution in [2.24, 2.45) is 0 Å². The van der Waals surface area contributed by atoms with Gasteiger partial charge in [0.1, 0.15) is 17.4 Å². The van der Waals surface area contributed by atoms with E-state index >= 15 is 0 Å². The van der Waals surface area contributed by atoms with Crippen molar-refractivity contribution in [1.82, 2.24) is 5.32 Å². The Hall–Kier alpha value is -2.43. The van der Waals surface area contributed by atoms with E-state index in [1.54, 1.807) is 18.2 Å². The average Bonchev–Trinajstić information content (AvgIpc) is 2.46. The molecule has 104 valence electrons. The van der Waals surface area contributed by atoms with E-state index in [1.807, 2.05) is 0 Å². The van der Waals surface area contributed by atoms with Gasteiger partial charge in [0.25, 0.3) is 5.91 Å². The number of carbonyl (C=O) groups excluding carboxylic acids is 1. The quantitative estimate of drug-likeness (QED) is 0.912. The summed E-state index contributed by atoms with van der Waals surface area (Å²) in [5, 5.41) is 2.54. The second-order valence-corrected chi connectivity index (χ2v) is 4.11. The molecule has 5 heteroatoms. The molecule has 0 spiro atoms. The Morgan fingerprint density at radius 3 is 2.45 bits per heavy atom. The Balaban J connectivity index is 1.78. The first-order chi connectivity index (χ1) is 9.65. The van der Waals surface area contributed by atoms with Gasteiger partial charge in [0.15, 0.2) is 6.61 Å². The van der Waals surface area contributed by atoms with Gasteiger partial charge in [-0.15, -0.1) is 0 Å². The van der Waals surface area contributed by atoms with Crippen LogP contribution in [0.2, 0.25) is 0 Å². The van der Waals surface area contributed by atoms with E-state index in [9.17, 15) is 13.6 Å². The summed E-state index contributed by atoms with van der Waals surface area (Å²) in [6.07, 6.45) is 0. The number of rotatable bonds is 5. The van der Waals surface area contributed by atoms with Gasteiger partial charge in [-0.25, -0.2) is 8.78 Å². The maximum absolute atomic E-state index is 13.3. The lowest BCUT2D eigenvalue weighted by Gasteiger charge is -2.08. The normalized spacial score (nSPS) is 10.1. The summed E-state index contributed by atoms with van der Waals surface area (Å²) < 4.78 is 31.1. The summed E-state index contributed by atoms with van der Waals surface area (Å²) in [5.41, 5.74) is 0.405. The van der Waals surface area contributed by atoms with Crippen molar-refractivity contribution in [3.8, 4) is 5.75 Å². The molecular weight excluding hydrogens is 264 g/mol. The molecule has 0 saturated carbocycles. The number of amides is 1. The first kappa shape index (κ1) is 14.0. The van der Waals surface area contributed by atoms with Gasteiger partial charge in [0.05, 0.1) is 0 Å². The van der Waals surface area contributed by atoms with Gasteiger partial charge in [-0.3, -0.25) is 4.79 Å². The molecule has 0 saturated heterocycles. The Bertz CT molecular complexity index is 585. The summed E-state index contributed by atoms with van der Waals surface area (Å²) in [5.74, 6) is -0.723. The van der Waals surface area contributed by atoms with Crippen molar-refractivity contribution < 1.29 is 18.3 Å². The monoisotopic (exact) mass is 277 g/mol. The molecule has 3 nitrogen and oxygen atoms in total. The van der Waals surface area contributed by atoms with Crippen molar-refractivity contribution in [3.63, 3.8) is 0 Å². The number of ether oxygens (including phenoxy) is 1. The van der Waals surface area contributed by atoms with Crippen LogP contribution in [0.1, 0.15) is 5.56 Å². The van der Waals surface area contributed by atoms with Crippen LogP contribution in [0.5, 0.6) is 5.75 Å². The van der Waals surface area contributed by atoms with Crippen molar-refractivity contribution >= 4 is 5.91 Å². The summed E-state index contributed by atoms with van der Waals surface area (Å²) in [6.45, 7) is -0.113. The van der Waals surface area contributed by atoms with Crippen LogP contribution in [0, 0.1) is 11.6 Å². The molecule has 0 heterocycles. The third-order valence-corrected chi connectivity index (χ3v) is 2.62. The van der Waals surface area contributed by atoms with Crippen LogP contribution in [0.3, 0.4) is 0 Å². The van der Waals surface area contributed by atoms with Crippen molar-refractivity contribution in [2.45, 2.75) is 6.54 Å². The van der Waals surface area contributed by atoms with Crippen molar-refractivity contribution in [1.29, 1.82) is 0 Å². The Morgan fingerprint density at radius 2 is 1.75 bits per heavy atom. The molecule has 0 aliphatic heterocycles. The molecule has 20 heavy (non-hydrogen) atoms. The fraction of sp³-hybridized carbons (Fsp3) is 0.133. The van der Waals surface area contributed by atoms with Gasteiger partial charge >= 0.3 is 0 Å². The van der Waals surface area contributed by atoms with Gasteiger partial charge in [0, 0.05) is 12.1 Å².